The number of amides is 2. The molecule has 8 nitrogen and oxygen atoms in total. The van der Waals surface area contributed by atoms with Crippen LogP contribution in [-0.4, -0.2) is 32.5 Å². The average Bonchev–Trinajstić information content (AvgIpc) is 2.95. The fourth-order valence-electron chi connectivity index (χ4n) is 3.78. The lowest BCUT2D eigenvalue weighted by molar-refractivity contribution is -0.119. The summed E-state index contributed by atoms with van der Waals surface area (Å²) in [5, 5.41) is 7.43. The number of benzene rings is 4. The molecule has 0 heterocycles. The van der Waals surface area contributed by atoms with E-state index in [-0.39, 0.29) is 10.8 Å². The summed E-state index contributed by atoms with van der Waals surface area (Å²) < 4.78 is 27.9. The minimum absolute atomic E-state index is 0.0692. The number of carbonyl (C=O) groups is 2. The number of hydrogen-bond acceptors (Lipinski definition) is 5. The minimum atomic E-state index is -4.02. The number of nitrogens with zero attached hydrogens (tertiary/aromatic N) is 2. The van der Waals surface area contributed by atoms with E-state index in [2.05, 4.69) is 15.8 Å². The highest BCUT2D eigenvalue weighted by Gasteiger charge is 2.27. The highest BCUT2D eigenvalue weighted by molar-refractivity contribution is 7.92. The number of nitrogens with one attached hydrogen (secondary N) is 2. The number of aryl methyl sites for hydroxylation is 1. The van der Waals surface area contributed by atoms with Gasteiger partial charge < -0.3 is 5.32 Å². The summed E-state index contributed by atoms with van der Waals surface area (Å²) in [7, 11) is -4.02. The second-order valence-electron chi connectivity index (χ2n) is 8.94. The summed E-state index contributed by atoms with van der Waals surface area (Å²) in [6.45, 7) is 3.10. The molecular formula is C30H27ClN4O4S. The van der Waals surface area contributed by atoms with Gasteiger partial charge in [0.25, 0.3) is 21.8 Å². The van der Waals surface area contributed by atoms with Gasteiger partial charge in [-0.2, -0.15) is 5.10 Å². The van der Waals surface area contributed by atoms with Gasteiger partial charge >= 0.3 is 0 Å². The van der Waals surface area contributed by atoms with Crippen molar-refractivity contribution in [1.82, 2.24) is 5.43 Å². The normalized spacial score (nSPS) is 11.5. The molecule has 0 saturated heterocycles. The molecule has 0 aromatic heterocycles. The zero-order valence-corrected chi connectivity index (χ0v) is 23.4. The Kier molecular flexibility index (Phi) is 8.98. The Morgan fingerprint density at radius 3 is 2.23 bits per heavy atom. The predicted octanol–water partition coefficient (Wildman–Crippen LogP) is 5.64. The lowest BCUT2D eigenvalue weighted by Crippen LogP contribution is -2.39. The quantitative estimate of drug-likeness (QED) is 0.199. The minimum Gasteiger partial charge on any atom is -0.322 e. The Morgan fingerprint density at radius 2 is 1.52 bits per heavy atom. The molecule has 0 saturated carbocycles. The van der Waals surface area contributed by atoms with Crippen molar-refractivity contribution in [3.05, 3.63) is 125 Å². The van der Waals surface area contributed by atoms with Crippen molar-refractivity contribution in [2.24, 2.45) is 5.10 Å². The molecule has 4 aromatic rings. The van der Waals surface area contributed by atoms with Gasteiger partial charge in [0.1, 0.15) is 6.54 Å². The molecule has 2 N–H and O–H groups in total. The highest BCUT2D eigenvalue weighted by atomic mass is 35.5. The molecule has 0 unspecified atom stereocenters. The van der Waals surface area contributed by atoms with E-state index in [0.717, 1.165) is 9.87 Å². The van der Waals surface area contributed by atoms with Crippen LogP contribution in [-0.2, 0) is 14.8 Å². The van der Waals surface area contributed by atoms with Gasteiger partial charge in [0.2, 0.25) is 0 Å². The second kappa shape index (κ2) is 12.6. The summed E-state index contributed by atoms with van der Waals surface area (Å²) in [5.41, 5.74) is 5.81. The van der Waals surface area contributed by atoms with Crippen LogP contribution in [0.2, 0.25) is 5.02 Å². The molecule has 0 aliphatic heterocycles. The molecule has 0 spiro atoms. The summed E-state index contributed by atoms with van der Waals surface area (Å²) in [6.07, 6.45) is 0. The molecule has 0 bridgehead atoms. The van der Waals surface area contributed by atoms with E-state index in [1.165, 1.54) is 12.1 Å². The predicted molar refractivity (Wildman–Crippen MR) is 158 cm³/mol. The van der Waals surface area contributed by atoms with Crippen LogP contribution in [0.1, 0.15) is 28.4 Å². The van der Waals surface area contributed by atoms with Crippen molar-refractivity contribution in [3.63, 3.8) is 0 Å². The van der Waals surface area contributed by atoms with Crippen LogP contribution < -0.4 is 15.0 Å². The van der Waals surface area contributed by atoms with E-state index < -0.39 is 22.5 Å². The molecule has 0 fully saturated rings. The number of anilines is 2. The van der Waals surface area contributed by atoms with Gasteiger partial charge in [-0.15, -0.1) is 0 Å². The van der Waals surface area contributed by atoms with E-state index >= 15 is 0 Å². The zero-order valence-electron chi connectivity index (χ0n) is 21.8. The van der Waals surface area contributed by atoms with Crippen LogP contribution in [0.15, 0.2) is 113 Å². The van der Waals surface area contributed by atoms with Gasteiger partial charge in [-0.05, 0) is 74.0 Å². The lowest BCUT2D eigenvalue weighted by atomic mass is 10.1. The van der Waals surface area contributed by atoms with Gasteiger partial charge in [-0.25, -0.2) is 13.8 Å². The SMILES string of the molecule is C/C(=N/NC(=O)CN(c1ccc(C)cc1)S(=O)(=O)c1ccccc1)c1cccc(NC(=O)c2cccc(Cl)c2)c1. The van der Waals surface area contributed by atoms with E-state index in [1.807, 2.05) is 6.92 Å². The van der Waals surface area contributed by atoms with Crippen molar-refractivity contribution >= 4 is 50.5 Å². The molecule has 40 heavy (non-hydrogen) atoms. The molecule has 0 radical (unpaired) electrons. The molecule has 0 aliphatic rings. The molecule has 4 aromatic carbocycles. The van der Waals surface area contributed by atoms with E-state index in [0.29, 0.717) is 33.2 Å². The standard InChI is InChI=1S/C30H27ClN4O4S/c1-21-14-16-27(17-15-21)35(40(38,39)28-12-4-3-5-13-28)20-29(36)34-33-22(2)23-8-7-11-26(19-23)32-30(37)24-9-6-10-25(31)18-24/h3-19H,20H2,1-2H3,(H,32,37)(H,34,36)/b33-22-. The first-order chi connectivity index (χ1) is 19.1. The highest BCUT2D eigenvalue weighted by Crippen LogP contribution is 2.24. The number of rotatable bonds is 9. The van der Waals surface area contributed by atoms with Gasteiger partial charge in [-0.1, -0.05) is 65.7 Å². The monoisotopic (exact) mass is 574 g/mol. The Morgan fingerprint density at radius 1 is 0.850 bits per heavy atom. The molecular weight excluding hydrogens is 548 g/mol. The number of carbonyl (C=O) groups excluding carboxylic acids is 2. The van der Waals surface area contributed by atoms with Gasteiger partial charge in [0, 0.05) is 16.3 Å². The van der Waals surface area contributed by atoms with Crippen molar-refractivity contribution in [3.8, 4) is 0 Å². The summed E-state index contributed by atoms with van der Waals surface area (Å²) in [5.74, 6) is -0.941. The van der Waals surface area contributed by atoms with Crippen molar-refractivity contribution < 1.29 is 18.0 Å². The number of hydrogen-bond donors (Lipinski definition) is 2. The fraction of sp³-hybridized carbons (Fsp3) is 0.100. The van der Waals surface area contributed by atoms with E-state index in [4.69, 9.17) is 11.6 Å². The van der Waals surface area contributed by atoms with E-state index in [9.17, 15) is 18.0 Å². The smallest absolute Gasteiger partial charge is 0.264 e. The third-order valence-corrected chi connectivity index (χ3v) is 7.94. The first-order valence-corrected chi connectivity index (χ1v) is 14.1. The van der Waals surface area contributed by atoms with Gasteiger partial charge in [0.05, 0.1) is 16.3 Å². The second-order valence-corrected chi connectivity index (χ2v) is 11.2. The van der Waals surface area contributed by atoms with Crippen LogP contribution in [0.3, 0.4) is 0 Å². The lowest BCUT2D eigenvalue weighted by Gasteiger charge is -2.23. The van der Waals surface area contributed by atoms with Crippen molar-refractivity contribution in [2.75, 3.05) is 16.2 Å². The zero-order chi connectivity index (χ0) is 28.7. The molecule has 0 atom stereocenters. The molecule has 2 amide bonds. The maximum Gasteiger partial charge on any atom is 0.264 e. The first kappa shape index (κ1) is 28.5. The third-order valence-electron chi connectivity index (χ3n) is 5.91. The van der Waals surface area contributed by atoms with Crippen LogP contribution >= 0.6 is 11.6 Å². The summed E-state index contributed by atoms with van der Waals surface area (Å²) >= 11 is 5.98. The van der Waals surface area contributed by atoms with Crippen LogP contribution in [0.25, 0.3) is 0 Å². The first-order valence-electron chi connectivity index (χ1n) is 12.3. The largest absolute Gasteiger partial charge is 0.322 e. The maximum absolute atomic E-state index is 13.4. The fourth-order valence-corrected chi connectivity index (χ4v) is 5.41. The number of sulfonamides is 1. The summed E-state index contributed by atoms with van der Waals surface area (Å²) in [4.78, 5) is 25.6. The number of hydrazone groups is 1. The van der Waals surface area contributed by atoms with E-state index in [1.54, 1.807) is 97.9 Å². The Balaban J connectivity index is 1.49. The summed E-state index contributed by atoms with van der Waals surface area (Å²) in [6, 6.07) is 28.4. The third kappa shape index (κ3) is 7.13. The molecule has 204 valence electrons. The Hall–Kier alpha value is -4.47. The molecule has 4 rings (SSSR count). The van der Waals surface area contributed by atoms with Crippen LogP contribution in [0.5, 0.6) is 0 Å². The van der Waals surface area contributed by atoms with Gasteiger partial charge in [-0.3, -0.25) is 13.9 Å². The topological polar surface area (TPSA) is 108 Å². The van der Waals surface area contributed by atoms with Crippen LogP contribution in [0.4, 0.5) is 11.4 Å². The van der Waals surface area contributed by atoms with Crippen molar-refractivity contribution in [2.45, 2.75) is 18.7 Å². The maximum atomic E-state index is 13.4. The Labute approximate surface area is 238 Å². The Bertz CT molecular complexity index is 1660. The average molecular weight is 575 g/mol. The van der Waals surface area contributed by atoms with Gasteiger partial charge in [0.15, 0.2) is 0 Å². The van der Waals surface area contributed by atoms with Crippen LogP contribution in [0, 0.1) is 6.92 Å². The number of halogens is 1. The molecule has 0 aliphatic carbocycles. The molecule has 10 heteroatoms. The van der Waals surface area contributed by atoms with Crippen molar-refractivity contribution in [1.29, 1.82) is 0 Å².